The average molecular weight is 288 g/mol. The Hall–Kier alpha value is -1.70. The van der Waals surface area contributed by atoms with Gasteiger partial charge in [0.2, 0.25) is 0 Å². The van der Waals surface area contributed by atoms with Crippen molar-refractivity contribution in [3.63, 3.8) is 0 Å². The summed E-state index contributed by atoms with van der Waals surface area (Å²) in [6.07, 6.45) is 4.12. The first-order valence-electron chi connectivity index (χ1n) is 7.70. The van der Waals surface area contributed by atoms with Crippen molar-refractivity contribution in [3.05, 3.63) is 60.2 Å². The fraction of sp³-hybridized carbons (Fsp3) is 0.368. The SMILES string of the molecule is CCCCC(C=C(F)F)CCc1cccc2ccccc12. The Bertz CT molecular complexity index is 592. The number of rotatable bonds is 7. The van der Waals surface area contributed by atoms with Crippen LogP contribution in [-0.2, 0) is 6.42 Å². The lowest BCUT2D eigenvalue weighted by Crippen LogP contribution is -2.00. The second-order valence-electron chi connectivity index (χ2n) is 5.54. The van der Waals surface area contributed by atoms with Crippen LogP contribution in [0.2, 0.25) is 0 Å². The molecule has 21 heavy (non-hydrogen) atoms. The monoisotopic (exact) mass is 288 g/mol. The van der Waals surface area contributed by atoms with Crippen molar-refractivity contribution < 1.29 is 8.78 Å². The van der Waals surface area contributed by atoms with Crippen LogP contribution in [0.4, 0.5) is 8.78 Å². The Labute approximate surface area is 125 Å². The van der Waals surface area contributed by atoms with Crippen LogP contribution in [0, 0.1) is 5.92 Å². The molecule has 2 heteroatoms. The quantitative estimate of drug-likeness (QED) is 0.556. The van der Waals surface area contributed by atoms with Crippen LogP contribution in [-0.4, -0.2) is 0 Å². The Morgan fingerprint density at radius 3 is 2.57 bits per heavy atom. The van der Waals surface area contributed by atoms with Crippen LogP contribution in [0.3, 0.4) is 0 Å². The van der Waals surface area contributed by atoms with E-state index < -0.39 is 6.08 Å². The molecule has 0 nitrogen and oxygen atoms in total. The van der Waals surface area contributed by atoms with Crippen LogP contribution >= 0.6 is 0 Å². The van der Waals surface area contributed by atoms with Gasteiger partial charge in [-0.25, -0.2) is 0 Å². The minimum atomic E-state index is -1.55. The van der Waals surface area contributed by atoms with Gasteiger partial charge in [-0.15, -0.1) is 0 Å². The first kappa shape index (κ1) is 15.7. The highest BCUT2D eigenvalue weighted by Gasteiger charge is 2.09. The summed E-state index contributed by atoms with van der Waals surface area (Å²) in [6.45, 7) is 2.09. The van der Waals surface area contributed by atoms with E-state index in [0.29, 0.717) is 0 Å². The van der Waals surface area contributed by atoms with Gasteiger partial charge < -0.3 is 0 Å². The largest absolute Gasteiger partial charge is 0.266 e. The van der Waals surface area contributed by atoms with Crippen molar-refractivity contribution in [1.82, 2.24) is 0 Å². The van der Waals surface area contributed by atoms with Crippen LogP contribution in [0.25, 0.3) is 10.8 Å². The molecule has 0 fully saturated rings. The molecule has 112 valence electrons. The standard InChI is InChI=1S/C19H22F2/c1-2-3-7-15(14-19(20)21)12-13-17-10-6-9-16-8-4-5-11-18(16)17/h4-6,8-11,14-15H,2-3,7,12-13H2,1H3. The molecule has 2 aromatic carbocycles. The molecule has 0 spiro atoms. The summed E-state index contributed by atoms with van der Waals surface area (Å²) in [5.41, 5.74) is 1.25. The average Bonchev–Trinajstić information content (AvgIpc) is 2.49. The lowest BCUT2D eigenvalue weighted by atomic mass is 9.92. The van der Waals surface area contributed by atoms with Gasteiger partial charge in [-0.2, -0.15) is 8.78 Å². The molecule has 2 aromatic rings. The lowest BCUT2D eigenvalue weighted by molar-refractivity contribution is 0.398. The molecule has 2 rings (SSSR count). The third-order valence-electron chi connectivity index (χ3n) is 3.95. The highest BCUT2D eigenvalue weighted by molar-refractivity contribution is 5.85. The van der Waals surface area contributed by atoms with E-state index in [0.717, 1.165) is 38.2 Å². The minimum absolute atomic E-state index is 0.0195. The van der Waals surface area contributed by atoms with Crippen molar-refractivity contribution >= 4 is 10.8 Å². The zero-order valence-corrected chi connectivity index (χ0v) is 12.5. The number of allylic oxidation sites excluding steroid dienone is 1. The molecule has 0 aliphatic rings. The third kappa shape index (κ3) is 4.66. The summed E-state index contributed by atoms with van der Waals surface area (Å²) >= 11 is 0. The van der Waals surface area contributed by atoms with E-state index in [1.165, 1.54) is 16.3 Å². The first-order valence-corrected chi connectivity index (χ1v) is 7.70. The topological polar surface area (TPSA) is 0 Å². The van der Waals surface area contributed by atoms with E-state index in [-0.39, 0.29) is 5.92 Å². The fourth-order valence-corrected chi connectivity index (χ4v) is 2.81. The molecule has 0 saturated carbocycles. The summed E-state index contributed by atoms with van der Waals surface area (Å²) < 4.78 is 25.1. The number of unbranched alkanes of at least 4 members (excludes halogenated alkanes) is 1. The van der Waals surface area contributed by atoms with E-state index in [9.17, 15) is 8.78 Å². The third-order valence-corrected chi connectivity index (χ3v) is 3.95. The number of aryl methyl sites for hydroxylation is 1. The number of hydrogen-bond donors (Lipinski definition) is 0. The van der Waals surface area contributed by atoms with Gasteiger partial charge in [0.05, 0.1) is 0 Å². The maximum atomic E-state index is 12.6. The van der Waals surface area contributed by atoms with Crippen molar-refractivity contribution in [2.75, 3.05) is 0 Å². The van der Waals surface area contributed by atoms with Crippen LogP contribution in [0.15, 0.2) is 54.6 Å². The van der Waals surface area contributed by atoms with Crippen molar-refractivity contribution in [2.24, 2.45) is 5.92 Å². The molecule has 0 bridgehead atoms. The molecule has 0 radical (unpaired) electrons. The molecule has 1 unspecified atom stereocenters. The van der Waals surface area contributed by atoms with E-state index in [1.54, 1.807) is 0 Å². The fourth-order valence-electron chi connectivity index (χ4n) is 2.81. The number of hydrogen-bond acceptors (Lipinski definition) is 0. The van der Waals surface area contributed by atoms with Crippen molar-refractivity contribution in [2.45, 2.75) is 39.0 Å². The summed E-state index contributed by atoms with van der Waals surface area (Å²) in [5.74, 6) is -0.0195. The second-order valence-corrected chi connectivity index (χ2v) is 5.54. The van der Waals surface area contributed by atoms with Crippen LogP contribution in [0.1, 0.15) is 38.2 Å². The normalized spacial score (nSPS) is 12.3. The van der Waals surface area contributed by atoms with Crippen molar-refractivity contribution in [3.8, 4) is 0 Å². The predicted octanol–water partition coefficient (Wildman–Crippen LogP) is 6.36. The predicted molar refractivity (Wildman–Crippen MR) is 85.6 cm³/mol. The van der Waals surface area contributed by atoms with Gasteiger partial charge in [0.1, 0.15) is 0 Å². The van der Waals surface area contributed by atoms with Gasteiger partial charge in [0.25, 0.3) is 6.08 Å². The summed E-state index contributed by atoms with van der Waals surface area (Å²) in [5, 5.41) is 2.45. The maximum absolute atomic E-state index is 12.6. The molecule has 0 heterocycles. The van der Waals surface area contributed by atoms with Gasteiger partial charge in [-0.1, -0.05) is 62.2 Å². The lowest BCUT2D eigenvalue weighted by Gasteiger charge is -2.13. The molecule has 0 N–H and O–H groups in total. The number of fused-ring (bicyclic) bond motifs is 1. The van der Waals surface area contributed by atoms with Gasteiger partial charge in [-0.3, -0.25) is 0 Å². The smallest absolute Gasteiger partial charge is 0.174 e. The Morgan fingerprint density at radius 2 is 1.81 bits per heavy atom. The highest BCUT2D eigenvalue weighted by Crippen LogP contribution is 2.24. The van der Waals surface area contributed by atoms with Crippen molar-refractivity contribution in [1.29, 1.82) is 0 Å². The molecule has 0 saturated heterocycles. The van der Waals surface area contributed by atoms with E-state index >= 15 is 0 Å². The highest BCUT2D eigenvalue weighted by atomic mass is 19.3. The van der Waals surface area contributed by atoms with E-state index in [2.05, 4.69) is 31.2 Å². The molecular formula is C19H22F2. The van der Waals surface area contributed by atoms with Gasteiger partial charge in [0.15, 0.2) is 0 Å². The molecular weight excluding hydrogens is 266 g/mol. The minimum Gasteiger partial charge on any atom is -0.174 e. The Balaban J connectivity index is 2.10. The second kappa shape index (κ2) is 7.92. The van der Waals surface area contributed by atoms with Gasteiger partial charge in [0, 0.05) is 0 Å². The molecule has 0 aliphatic carbocycles. The van der Waals surface area contributed by atoms with Crippen LogP contribution in [0.5, 0.6) is 0 Å². The summed E-state index contributed by atoms with van der Waals surface area (Å²) in [7, 11) is 0. The number of benzene rings is 2. The molecule has 0 aliphatic heterocycles. The van der Waals surface area contributed by atoms with E-state index in [1.807, 2.05) is 18.2 Å². The van der Waals surface area contributed by atoms with Gasteiger partial charge >= 0.3 is 0 Å². The first-order chi connectivity index (χ1) is 10.2. The molecule has 1 atom stereocenters. The summed E-state index contributed by atoms with van der Waals surface area (Å²) in [4.78, 5) is 0. The molecule has 0 aromatic heterocycles. The van der Waals surface area contributed by atoms with E-state index in [4.69, 9.17) is 0 Å². The summed E-state index contributed by atoms with van der Waals surface area (Å²) in [6, 6.07) is 14.5. The van der Waals surface area contributed by atoms with Crippen LogP contribution < -0.4 is 0 Å². The Kier molecular flexibility index (Phi) is 5.91. The number of halogens is 2. The van der Waals surface area contributed by atoms with Gasteiger partial charge in [-0.05, 0) is 47.6 Å². The zero-order valence-electron chi connectivity index (χ0n) is 12.5. The molecule has 0 amide bonds. The zero-order chi connectivity index (χ0) is 15.1. The maximum Gasteiger partial charge on any atom is 0.266 e. The Morgan fingerprint density at radius 1 is 1.05 bits per heavy atom.